The van der Waals surface area contributed by atoms with Crippen LogP contribution in [0.3, 0.4) is 0 Å². The number of benzene rings is 1. The number of amides is 3. The van der Waals surface area contributed by atoms with Crippen molar-refractivity contribution in [3.05, 3.63) is 36.4 Å². The molecule has 1 saturated heterocycles. The molecule has 1 aliphatic heterocycles. The Labute approximate surface area is 154 Å². The molecule has 1 aliphatic rings. The summed E-state index contributed by atoms with van der Waals surface area (Å²) in [6.07, 6.45) is 1.62. The van der Waals surface area contributed by atoms with Crippen LogP contribution in [-0.4, -0.2) is 63.5 Å². The molecule has 26 heavy (non-hydrogen) atoms. The van der Waals surface area contributed by atoms with E-state index in [9.17, 15) is 14.0 Å². The average molecular weight is 378 g/mol. The molecule has 138 valence electrons. The van der Waals surface area contributed by atoms with Crippen molar-refractivity contribution in [2.45, 2.75) is 5.16 Å². The third kappa shape index (κ3) is 4.31. The predicted molar refractivity (Wildman–Crippen MR) is 95.5 cm³/mol. The number of aromatic nitrogens is 3. The van der Waals surface area contributed by atoms with Crippen molar-refractivity contribution in [2.24, 2.45) is 7.05 Å². The number of carbonyl (C=O) groups is 2. The summed E-state index contributed by atoms with van der Waals surface area (Å²) >= 11 is 1.49. The lowest BCUT2D eigenvalue weighted by Crippen LogP contribution is -2.40. The normalized spacial score (nSPS) is 14.2. The fraction of sp³-hybridized carbons (Fsp3) is 0.375. The van der Waals surface area contributed by atoms with E-state index in [-0.39, 0.29) is 24.3 Å². The zero-order chi connectivity index (χ0) is 18.5. The van der Waals surface area contributed by atoms with Crippen molar-refractivity contribution in [1.82, 2.24) is 25.0 Å². The van der Waals surface area contributed by atoms with Crippen molar-refractivity contribution in [2.75, 3.05) is 36.8 Å². The third-order valence-electron chi connectivity index (χ3n) is 3.89. The Balaban J connectivity index is 1.42. The van der Waals surface area contributed by atoms with Gasteiger partial charge in [-0.1, -0.05) is 11.8 Å². The first-order valence-corrected chi connectivity index (χ1v) is 9.08. The molecule has 1 aromatic heterocycles. The highest BCUT2D eigenvalue weighted by Crippen LogP contribution is 2.20. The molecule has 0 unspecified atom stereocenters. The summed E-state index contributed by atoms with van der Waals surface area (Å²) in [6.45, 7) is 1.41. The molecule has 0 atom stereocenters. The van der Waals surface area contributed by atoms with Crippen LogP contribution in [0.4, 0.5) is 14.9 Å². The first-order valence-electron chi connectivity index (χ1n) is 8.10. The van der Waals surface area contributed by atoms with Crippen LogP contribution in [0.15, 0.2) is 35.7 Å². The minimum Gasteiger partial charge on any atom is -0.354 e. The molecular weight excluding hydrogens is 359 g/mol. The average Bonchev–Trinajstić information content (AvgIpc) is 3.19. The van der Waals surface area contributed by atoms with E-state index in [1.807, 2.05) is 7.05 Å². The van der Waals surface area contributed by atoms with Crippen molar-refractivity contribution >= 4 is 29.4 Å². The quantitative estimate of drug-likeness (QED) is 0.576. The van der Waals surface area contributed by atoms with Crippen LogP contribution in [0.25, 0.3) is 0 Å². The standard InChI is InChI=1S/C16H19FN6O2S/c1-21-11-19-20-15(21)26-9-6-18-14(24)10-22-7-8-23(16(22)25)13-4-2-12(17)3-5-13/h2-5,11H,6-10H2,1H3,(H,18,24). The van der Waals surface area contributed by atoms with Crippen LogP contribution in [-0.2, 0) is 11.8 Å². The lowest BCUT2D eigenvalue weighted by Gasteiger charge is -2.18. The Morgan fingerprint density at radius 3 is 2.77 bits per heavy atom. The molecule has 2 aromatic rings. The number of rotatable bonds is 7. The van der Waals surface area contributed by atoms with Crippen LogP contribution < -0.4 is 10.2 Å². The number of nitrogens with zero attached hydrogens (tertiary/aromatic N) is 5. The van der Waals surface area contributed by atoms with Gasteiger partial charge < -0.3 is 14.8 Å². The van der Waals surface area contributed by atoms with E-state index in [1.54, 1.807) is 23.0 Å². The number of carbonyl (C=O) groups excluding carboxylic acids is 2. The summed E-state index contributed by atoms with van der Waals surface area (Å²) in [4.78, 5) is 27.5. The lowest BCUT2D eigenvalue weighted by molar-refractivity contribution is -0.121. The topological polar surface area (TPSA) is 83.4 Å². The van der Waals surface area contributed by atoms with Gasteiger partial charge in [-0.2, -0.15) is 0 Å². The van der Waals surface area contributed by atoms with Gasteiger partial charge in [-0.05, 0) is 24.3 Å². The maximum Gasteiger partial charge on any atom is 0.325 e. The maximum atomic E-state index is 13.0. The van der Waals surface area contributed by atoms with Gasteiger partial charge in [-0.25, -0.2) is 9.18 Å². The van der Waals surface area contributed by atoms with E-state index >= 15 is 0 Å². The molecule has 2 heterocycles. The molecular formula is C16H19FN6O2S. The molecule has 3 rings (SSSR count). The zero-order valence-electron chi connectivity index (χ0n) is 14.3. The fourth-order valence-corrected chi connectivity index (χ4v) is 3.30. The van der Waals surface area contributed by atoms with Crippen molar-refractivity contribution < 1.29 is 14.0 Å². The molecule has 0 saturated carbocycles. The van der Waals surface area contributed by atoms with E-state index in [1.165, 1.54) is 33.7 Å². The number of thioether (sulfide) groups is 1. The van der Waals surface area contributed by atoms with Gasteiger partial charge in [0.1, 0.15) is 18.7 Å². The van der Waals surface area contributed by atoms with Crippen LogP contribution >= 0.6 is 11.8 Å². The van der Waals surface area contributed by atoms with Crippen LogP contribution in [0.2, 0.25) is 0 Å². The van der Waals surface area contributed by atoms with Gasteiger partial charge in [0.15, 0.2) is 5.16 Å². The highest BCUT2D eigenvalue weighted by molar-refractivity contribution is 7.99. The highest BCUT2D eigenvalue weighted by atomic mass is 32.2. The molecule has 0 aliphatic carbocycles. The lowest BCUT2D eigenvalue weighted by atomic mass is 10.3. The summed E-state index contributed by atoms with van der Waals surface area (Å²) in [5.74, 6) is 0.0992. The smallest absolute Gasteiger partial charge is 0.325 e. The minimum absolute atomic E-state index is 0.00511. The predicted octanol–water partition coefficient (Wildman–Crippen LogP) is 1.10. The van der Waals surface area contributed by atoms with E-state index in [4.69, 9.17) is 0 Å². The van der Waals surface area contributed by atoms with Crippen LogP contribution in [0.5, 0.6) is 0 Å². The van der Waals surface area contributed by atoms with Gasteiger partial charge in [-0.15, -0.1) is 10.2 Å². The Kier molecular flexibility index (Phi) is 5.71. The van der Waals surface area contributed by atoms with Gasteiger partial charge in [-0.3, -0.25) is 9.69 Å². The van der Waals surface area contributed by atoms with Crippen LogP contribution in [0, 0.1) is 5.82 Å². The van der Waals surface area contributed by atoms with Gasteiger partial charge in [0.05, 0.1) is 0 Å². The maximum absolute atomic E-state index is 13.0. The molecule has 1 N–H and O–H groups in total. The van der Waals surface area contributed by atoms with Gasteiger partial charge >= 0.3 is 6.03 Å². The summed E-state index contributed by atoms with van der Waals surface area (Å²) in [7, 11) is 1.85. The largest absolute Gasteiger partial charge is 0.354 e. The number of aryl methyl sites for hydroxylation is 1. The molecule has 1 fully saturated rings. The molecule has 1 aromatic carbocycles. The summed E-state index contributed by atoms with van der Waals surface area (Å²) in [5.41, 5.74) is 0.624. The number of hydrogen-bond acceptors (Lipinski definition) is 5. The number of nitrogens with one attached hydrogen (secondary N) is 1. The van der Waals surface area contributed by atoms with E-state index in [2.05, 4.69) is 15.5 Å². The van der Waals surface area contributed by atoms with Gasteiger partial charge in [0.2, 0.25) is 5.91 Å². The molecule has 0 bridgehead atoms. The van der Waals surface area contributed by atoms with Crippen molar-refractivity contribution in [3.8, 4) is 0 Å². The van der Waals surface area contributed by atoms with Crippen LogP contribution in [0.1, 0.15) is 0 Å². The molecule has 10 heteroatoms. The first kappa shape index (κ1) is 18.2. The SMILES string of the molecule is Cn1cnnc1SCCNC(=O)CN1CCN(c2ccc(F)cc2)C1=O. The number of anilines is 1. The summed E-state index contributed by atoms with van der Waals surface area (Å²) in [5, 5.41) is 11.3. The molecule has 0 radical (unpaired) electrons. The monoisotopic (exact) mass is 378 g/mol. The van der Waals surface area contributed by atoms with Crippen molar-refractivity contribution in [1.29, 1.82) is 0 Å². The second-order valence-electron chi connectivity index (χ2n) is 5.76. The highest BCUT2D eigenvalue weighted by Gasteiger charge is 2.30. The minimum atomic E-state index is -0.351. The molecule has 0 spiro atoms. The number of halogens is 1. The van der Waals surface area contributed by atoms with E-state index in [0.29, 0.717) is 31.1 Å². The molecule has 8 nitrogen and oxygen atoms in total. The fourth-order valence-electron chi connectivity index (χ4n) is 2.56. The van der Waals surface area contributed by atoms with E-state index in [0.717, 1.165) is 5.16 Å². The Morgan fingerprint density at radius 1 is 1.31 bits per heavy atom. The first-order chi connectivity index (χ1) is 12.5. The van der Waals surface area contributed by atoms with E-state index < -0.39 is 0 Å². The van der Waals surface area contributed by atoms with Gasteiger partial charge in [0, 0.05) is 38.1 Å². The summed E-state index contributed by atoms with van der Waals surface area (Å²) < 4.78 is 14.8. The third-order valence-corrected chi connectivity index (χ3v) is 4.93. The second kappa shape index (κ2) is 8.17. The Morgan fingerprint density at radius 2 is 2.08 bits per heavy atom. The zero-order valence-corrected chi connectivity index (χ0v) is 15.1. The van der Waals surface area contributed by atoms with Gasteiger partial charge in [0.25, 0.3) is 0 Å². The number of hydrogen-bond donors (Lipinski definition) is 1. The van der Waals surface area contributed by atoms with Crippen molar-refractivity contribution in [3.63, 3.8) is 0 Å². The summed E-state index contributed by atoms with van der Waals surface area (Å²) in [6, 6.07) is 5.49. The second-order valence-corrected chi connectivity index (χ2v) is 6.82. The Bertz CT molecular complexity index is 781. The Hall–Kier alpha value is -2.62. The molecule has 3 amide bonds. The number of urea groups is 1.